The van der Waals surface area contributed by atoms with E-state index in [2.05, 4.69) is 5.32 Å². The van der Waals surface area contributed by atoms with Gasteiger partial charge in [-0.15, -0.1) is 0 Å². The van der Waals surface area contributed by atoms with Crippen LogP contribution in [0, 0.1) is 0 Å². The van der Waals surface area contributed by atoms with Crippen LogP contribution in [0.3, 0.4) is 0 Å². The number of halogens is 2. The number of nitrogens with one attached hydrogen (secondary N) is 1. The van der Waals surface area contributed by atoms with Crippen LogP contribution in [0.15, 0.2) is 18.2 Å². The molecule has 0 radical (unpaired) electrons. The summed E-state index contributed by atoms with van der Waals surface area (Å²) in [5.74, 6) is -0.253. The third kappa shape index (κ3) is 5.67. The Bertz CT molecular complexity index is 558. The van der Waals surface area contributed by atoms with Gasteiger partial charge in [0.1, 0.15) is 6.04 Å². The van der Waals surface area contributed by atoms with Crippen molar-refractivity contribution in [3.63, 3.8) is 0 Å². The number of carbonyl (C=O) groups excluding carboxylic acids is 2. The molecule has 134 valence electrons. The van der Waals surface area contributed by atoms with Crippen molar-refractivity contribution in [2.24, 2.45) is 0 Å². The van der Waals surface area contributed by atoms with Crippen molar-refractivity contribution >= 4 is 35.0 Å². The van der Waals surface area contributed by atoms with E-state index in [-0.39, 0.29) is 24.4 Å². The molecule has 1 aromatic carbocycles. The van der Waals surface area contributed by atoms with E-state index >= 15 is 0 Å². The average Bonchev–Trinajstić information content (AvgIpc) is 2.54. The van der Waals surface area contributed by atoms with Crippen molar-refractivity contribution in [1.29, 1.82) is 0 Å². The molecule has 0 saturated carbocycles. The maximum absolute atomic E-state index is 12.5. The minimum absolute atomic E-state index is 0.0620. The van der Waals surface area contributed by atoms with Crippen LogP contribution in [0.1, 0.15) is 52.5 Å². The Morgan fingerprint density at radius 3 is 2.25 bits per heavy atom. The van der Waals surface area contributed by atoms with Crippen molar-refractivity contribution in [3.8, 4) is 0 Å². The normalized spacial score (nSPS) is 13.2. The molecular formula is C18H26Cl2N2O2. The molecule has 0 aliphatic heterocycles. The lowest BCUT2D eigenvalue weighted by Gasteiger charge is -2.30. The van der Waals surface area contributed by atoms with Gasteiger partial charge in [-0.05, 0) is 38.8 Å². The number of amides is 2. The van der Waals surface area contributed by atoms with Crippen LogP contribution in [-0.2, 0) is 16.1 Å². The van der Waals surface area contributed by atoms with E-state index in [1.54, 1.807) is 30.0 Å². The highest BCUT2D eigenvalue weighted by molar-refractivity contribution is 6.36. The second-order valence-corrected chi connectivity index (χ2v) is 6.78. The van der Waals surface area contributed by atoms with Crippen LogP contribution in [-0.4, -0.2) is 28.8 Å². The molecule has 0 aromatic heterocycles. The Labute approximate surface area is 154 Å². The molecule has 0 spiro atoms. The lowest BCUT2D eigenvalue weighted by Crippen LogP contribution is -2.49. The lowest BCUT2D eigenvalue weighted by atomic mass is 10.1. The number of hydrogen-bond donors (Lipinski definition) is 1. The molecule has 0 fully saturated rings. The summed E-state index contributed by atoms with van der Waals surface area (Å²) in [4.78, 5) is 26.5. The van der Waals surface area contributed by atoms with E-state index in [0.717, 1.165) is 6.42 Å². The minimum atomic E-state index is -0.592. The van der Waals surface area contributed by atoms with E-state index < -0.39 is 6.04 Å². The van der Waals surface area contributed by atoms with Crippen LogP contribution in [0.5, 0.6) is 0 Å². The van der Waals surface area contributed by atoms with Gasteiger partial charge in [-0.2, -0.15) is 0 Å². The predicted molar refractivity (Wildman–Crippen MR) is 99.3 cm³/mol. The molecule has 4 nitrogen and oxygen atoms in total. The average molecular weight is 373 g/mol. The number of nitrogens with zero attached hydrogens (tertiary/aromatic N) is 1. The SMILES string of the molecule is CCCC(=O)N(Cc1c(Cl)cccc1Cl)C(C)C(=O)NC(C)CC. The number of carbonyl (C=O) groups is 2. The summed E-state index contributed by atoms with van der Waals surface area (Å²) >= 11 is 12.4. The zero-order valence-corrected chi connectivity index (χ0v) is 16.2. The third-order valence-electron chi connectivity index (χ3n) is 4.02. The van der Waals surface area contributed by atoms with Gasteiger partial charge in [-0.1, -0.05) is 43.1 Å². The van der Waals surface area contributed by atoms with Crippen molar-refractivity contribution < 1.29 is 9.59 Å². The Hall–Kier alpha value is -1.26. The molecule has 2 atom stereocenters. The molecule has 2 unspecified atom stereocenters. The van der Waals surface area contributed by atoms with Gasteiger partial charge in [0.2, 0.25) is 11.8 Å². The fourth-order valence-corrected chi connectivity index (χ4v) is 2.78. The Kier molecular flexibility index (Phi) is 8.57. The molecule has 0 saturated heterocycles. The van der Waals surface area contributed by atoms with Gasteiger partial charge in [-0.3, -0.25) is 9.59 Å². The van der Waals surface area contributed by atoms with E-state index in [9.17, 15) is 9.59 Å². The fourth-order valence-electron chi connectivity index (χ4n) is 2.26. The topological polar surface area (TPSA) is 49.4 Å². The highest BCUT2D eigenvalue weighted by Crippen LogP contribution is 2.26. The van der Waals surface area contributed by atoms with Crippen LogP contribution >= 0.6 is 23.2 Å². The van der Waals surface area contributed by atoms with Gasteiger partial charge in [0, 0.05) is 34.6 Å². The third-order valence-corrected chi connectivity index (χ3v) is 4.73. The molecule has 0 bridgehead atoms. The van der Waals surface area contributed by atoms with Crippen molar-refractivity contribution in [2.45, 2.75) is 65.6 Å². The molecule has 24 heavy (non-hydrogen) atoms. The Morgan fingerprint density at radius 1 is 1.17 bits per heavy atom. The summed E-state index contributed by atoms with van der Waals surface area (Å²) in [5, 5.41) is 3.91. The quantitative estimate of drug-likeness (QED) is 0.733. The second-order valence-electron chi connectivity index (χ2n) is 5.97. The van der Waals surface area contributed by atoms with E-state index in [1.807, 2.05) is 20.8 Å². The van der Waals surface area contributed by atoms with E-state index in [0.29, 0.717) is 28.5 Å². The van der Waals surface area contributed by atoms with Crippen LogP contribution in [0.25, 0.3) is 0 Å². The summed E-state index contributed by atoms with van der Waals surface area (Å²) in [6.07, 6.45) is 1.92. The molecule has 1 N–H and O–H groups in total. The van der Waals surface area contributed by atoms with Gasteiger partial charge in [0.05, 0.1) is 0 Å². The zero-order chi connectivity index (χ0) is 18.3. The van der Waals surface area contributed by atoms with E-state index in [1.165, 1.54) is 0 Å². The highest BCUT2D eigenvalue weighted by atomic mass is 35.5. The van der Waals surface area contributed by atoms with Gasteiger partial charge in [0.25, 0.3) is 0 Å². The lowest BCUT2D eigenvalue weighted by molar-refractivity contribution is -0.140. The summed E-state index contributed by atoms with van der Waals surface area (Å²) in [6, 6.07) is 4.69. The Balaban J connectivity index is 3.03. The maximum atomic E-state index is 12.5. The number of rotatable bonds is 8. The van der Waals surface area contributed by atoms with Gasteiger partial charge in [0.15, 0.2) is 0 Å². The van der Waals surface area contributed by atoms with E-state index in [4.69, 9.17) is 23.2 Å². The summed E-state index contributed by atoms with van der Waals surface area (Å²) in [5.41, 5.74) is 0.661. The fraction of sp³-hybridized carbons (Fsp3) is 0.556. The van der Waals surface area contributed by atoms with Crippen molar-refractivity contribution in [1.82, 2.24) is 10.2 Å². The molecule has 0 aliphatic carbocycles. The number of benzene rings is 1. The zero-order valence-electron chi connectivity index (χ0n) is 14.7. The second kappa shape index (κ2) is 9.90. The molecule has 0 aliphatic rings. The van der Waals surface area contributed by atoms with Gasteiger partial charge < -0.3 is 10.2 Å². The molecule has 2 amide bonds. The first-order valence-corrected chi connectivity index (χ1v) is 9.10. The predicted octanol–water partition coefficient (Wildman–Crippen LogP) is 4.43. The number of hydrogen-bond acceptors (Lipinski definition) is 2. The van der Waals surface area contributed by atoms with Crippen molar-refractivity contribution in [3.05, 3.63) is 33.8 Å². The van der Waals surface area contributed by atoms with Crippen molar-refractivity contribution in [2.75, 3.05) is 0 Å². The molecular weight excluding hydrogens is 347 g/mol. The van der Waals surface area contributed by atoms with Crippen LogP contribution < -0.4 is 5.32 Å². The standard InChI is InChI=1S/C18H26Cl2N2O2/c1-5-8-17(23)22(13(4)18(24)21-12(3)6-2)11-14-15(19)9-7-10-16(14)20/h7,9-10,12-13H,5-6,8,11H2,1-4H3,(H,21,24). The first-order chi connectivity index (χ1) is 11.3. The summed E-state index contributed by atoms with van der Waals surface area (Å²) in [7, 11) is 0. The summed E-state index contributed by atoms with van der Waals surface area (Å²) < 4.78 is 0. The Morgan fingerprint density at radius 2 is 1.75 bits per heavy atom. The molecule has 1 rings (SSSR count). The molecule has 1 aromatic rings. The van der Waals surface area contributed by atoms with Gasteiger partial charge in [-0.25, -0.2) is 0 Å². The highest BCUT2D eigenvalue weighted by Gasteiger charge is 2.27. The first-order valence-electron chi connectivity index (χ1n) is 8.34. The molecule has 6 heteroatoms. The first kappa shape index (κ1) is 20.8. The summed E-state index contributed by atoms with van der Waals surface area (Å²) in [6.45, 7) is 7.82. The largest absolute Gasteiger partial charge is 0.352 e. The van der Waals surface area contributed by atoms with Crippen LogP contribution in [0.4, 0.5) is 0 Å². The monoisotopic (exact) mass is 372 g/mol. The smallest absolute Gasteiger partial charge is 0.242 e. The minimum Gasteiger partial charge on any atom is -0.352 e. The molecule has 0 heterocycles. The van der Waals surface area contributed by atoms with Crippen LogP contribution in [0.2, 0.25) is 10.0 Å². The van der Waals surface area contributed by atoms with Gasteiger partial charge >= 0.3 is 0 Å². The maximum Gasteiger partial charge on any atom is 0.242 e.